The molecule has 0 radical (unpaired) electrons. The maximum atomic E-state index is 9.43. The molecule has 11 heavy (non-hydrogen) atoms. The molecule has 4 N–H and O–H groups in total. The predicted molar refractivity (Wildman–Crippen MR) is 45.3 cm³/mol. The Kier molecular flexibility index (Phi) is 3.30. The normalized spacial score (nSPS) is 34.1. The zero-order chi connectivity index (χ0) is 8.27. The molecule has 0 aromatic rings. The van der Waals surface area contributed by atoms with Gasteiger partial charge < -0.3 is 16.2 Å². The summed E-state index contributed by atoms with van der Waals surface area (Å²) in [7, 11) is 0. The summed E-state index contributed by atoms with van der Waals surface area (Å²) in [6.45, 7) is 2.69. The Morgan fingerprint density at radius 1 is 1.64 bits per heavy atom. The van der Waals surface area contributed by atoms with Crippen LogP contribution in [0.5, 0.6) is 0 Å². The summed E-state index contributed by atoms with van der Waals surface area (Å²) in [5.74, 6) is 0. The van der Waals surface area contributed by atoms with Crippen molar-refractivity contribution in [3.63, 3.8) is 0 Å². The van der Waals surface area contributed by atoms with E-state index in [4.69, 9.17) is 5.73 Å². The molecule has 66 valence electrons. The van der Waals surface area contributed by atoms with E-state index in [0.717, 1.165) is 19.3 Å². The third-order valence-corrected chi connectivity index (χ3v) is 2.33. The van der Waals surface area contributed by atoms with Crippen molar-refractivity contribution in [2.45, 2.75) is 44.4 Å². The molecule has 0 heterocycles. The van der Waals surface area contributed by atoms with Crippen molar-refractivity contribution in [2.75, 3.05) is 6.54 Å². The van der Waals surface area contributed by atoms with Crippen LogP contribution < -0.4 is 11.1 Å². The number of nitrogens with two attached hydrogens (primary N) is 1. The highest BCUT2D eigenvalue weighted by Crippen LogP contribution is 2.18. The van der Waals surface area contributed by atoms with Crippen molar-refractivity contribution in [2.24, 2.45) is 5.73 Å². The van der Waals surface area contributed by atoms with Gasteiger partial charge in [0.1, 0.15) is 0 Å². The summed E-state index contributed by atoms with van der Waals surface area (Å²) < 4.78 is 0. The fraction of sp³-hybridized carbons (Fsp3) is 1.00. The second-order valence-corrected chi connectivity index (χ2v) is 3.41. The molecule has 0 aromatic heterocycles. The third kappa shape index (κ3) is 2.43. The number of hydrogen-bond donors (Lipinski definition) is 3. The van der Waals surface area contributed by atoms with Crippen LogP contribution in [0.15, 0.2) is 0 Å². The Morgan fingerprint density at radius 2 is 2.36 bits per heavy atom. The minimum Gasteiger partial charge on any atom is -0.392 e. The first kappa shape index (κ1) is 8.97. The van der Waals surface area contributed by atoms with E-state index in [1.54, 1.807) is 0 Å². The van der Waals surface area contributed by atoms with Gasteiger partial charge in [-0.3, -0.25) is 0 Å². The van der Waals surface area contributed by atoms with Crippen molar-refractivity contribution in [1.82, 2.24) is 5.32 Å². The first-order chi connectivity index (χ1) is 5.24. The number of aliphatic hydroxyl groups excluding tert-OH is 1. The van der Waals surface area contributed by atoms with Crippen LogP contribution in [0.1, 0.15) is 26.2 Å². The van der Waals surface area contributed by atoms with Gasteiger partial charge in [-0.05, 0) is 26.2 Å². The van der Waals surface area contributed by atoms with Gasteiger partial charge in [0.25, 0.3) is 0 Å². The van der Waals surface area contributed by atoms with E-state index >= 15 is 0 Å². The van der Waals surface area contributed by atoms with E-state index in [9.17, 15) is 5.11 Å². The molecule has 0 aromatic carbocycles. The Hall–Kier alpha value is -0.120. The highest BCUT2D eigenvalue weighted by atomic mass is 16.3. The van der Waals surface area contributed by atoms with Gasteiger partial charge in [-0.1, -0.05) is 0 Å². The highest BCUT2D eigenvalue weighted by molar-refractivity contribution is 4.84. The summed E-state index contributed by atoms with van der Waals surface area (Å²) in [6, 6.07) is 0.612. The number of hydrogen-bond acceptors (Lipinski definition) is 3. The lowest BCUT2D eigenvalue weighted by atomic mass is 10.2. The van der Waals surface area contributed by atoms with E-state index < -0.39 is 0 Å². The maximum absolute atomic E-state index is 9.43. The summed E-state index contributed by atoms with van der Waals surface area (Å²) in [5.41, 5.74) is 5.45. The molecule has 0 bridgehead atoms. The Morgan fingerprint density at radius 3 is 2.82 bits per heavy atom. The van der Waals surface area contributed by atoms with E-state index in [1.807, 2.05) is 6.92 Å². The second kappa shape index (κ2) is 4.04. The molecular formula is C8H18N2O. The SMILES string of the molecule is CC(CN)NC1CCCC1O. The lowest BCUT2D eigenvalue weighted by molar-refractivity contribution is 0.144. The predicted octanol–water partition coefficient (Wildman–Crippen LogP) is -0.163. The van der Waals surface area contributed by atoms with Gasteiger partial charge in [0.2, 0.25) is 0 Å². The molecule has 1 fully saturated rings. The molecule has 1 aliphatic rings. The van der Waals surface area contributed by atoms with Gasteiger partial charge in [-0.15, -0.1) is 0 Å². The largest absolute Gasteiger partial charge is 0.392 e. The number of nitrogens with one attached hydrogen (secondary N) is 1. The van der Waals surface area contributed by atoms with Crippen LogP contribution in [-0.4, -0.2) is 29.8 Å². The Balaban J connectivity index is 2.24. The minimum absolute atomic E-state index is 0.149. The lowest BCUT2D eigenvalue weighted by Gasteiger charge is -2.20. The minimum atomic E-state index is -0.149. The lowest BCUT2D eigenvalue weighted by Crippen LogP contribution is -2.44. The molecule has 3 unspecified atom stereocenters. The smallest absolute Gasteiger partial charge is 0.0693 e. The van der Waals surface area contributed by atoms with Gasteiger partial charge in [-0.25, -0.2) is 0 Å². The van der Waals surface area contributed by atoms with Crippen LogP contribution in [0.2, 0.25) is 0 Å². The standard InChI is InChI=1S/C8H18N2O/c1-6(5-9)10-7-3-2-4-8(7)11/h6-8,10-11H,2-5,9H2,1H3. The van der Waals surface area contributed by atoms with Crippen LogP contribution in [0.25, 0.3) is 0 Å². The zero-order valence-corrected chi connectivity index (χ0v) is 7.09. The fourth-order valence-electron chi connectivity index (χ4n) is 1.57. The molecular weight excluding hydrogens is 140 g/mol. The summed E-state index contributed by atoms with van der Waals surface area (Å²) >= 11 is 0. The van der Waals surface area contributed by atoms with Crippen molar-refractivity contribution in [1.29, 1.82) is 0 Å². The number of rotatable bonds is 3. The first-order valence-electron chi connectivity index (χ1n) is 4.38. The van der Waals surface area contributed by atoms with Gasteiger partial charge in [0.15, 0.2) is 0 Å². The van der Waals surface area contributed by atoms with Crippen LogP contribution in [-0.2, 0) is 0 Å². The molecule has 1 rings (SSSR count). The molecule has 0 spiro atoms. The van der Waals surface area contributed by atoms with Crippen molar-refractivity contribution in [3.8, 4) is 0 Å². The van der Waals surface area contributed by atoms with Crippen molar-refractivity contribution >= 4 is 0 Å². The molecule has 3 heteroatoms. The Labute approximate surface area is 68.0 Å². The van der Waals surface area contributed by atoms with Crippen molar-refractivity contribution < 1.29 is 5.11 Å². The Bertz CT molecular complexity index is 119. The van der Waals surface area contributed by atoms with Gasteiger partial charge in [-0.2, -0.15) is 0 Å². The molecule has 3 atom stereocenters. The van der Waals surface area contributed by atoms with E-state index in [2.05, 4.69) is 5.32 Å². The summed E-state index contributed by atoms with van der Waals surface area (Å²) in [4.78, 5) is 0. The molecule has 1 aliphatic carbocycles. The van der Waals surface area contributed by atoms with Crippen LogP contribution in [0.4, 0.5) is 0 Å². The van der Waals surface area contributed by atoms with Gasteiger partial charge >= 0.3 is 0 Å². The van der Waals surface area contributed by atoms with Crippen LogP contribution in [0.3, 0.4) is 0 Å². The van der Waals surface area contributed by atoms with Crippen LogP contribution in [0, 0.1) is 0 Å². The average Bonchev–Trinajstić information content (AvgIpc) is 2.37. The first-order valence-corrected chi connectivity index (χ1v) is 4.38. The highest BCUT2D eigenvalue weighted by Gasteiger charge is 2.25. The molecule has 1 saturated carbocycles. The summed E-state index contributed by atoms with van der Waals surface area (Å²) in [6.07, 6.45) is 3.01. The van der Waals surface area contributed by atoms with Gasteiger partial charge in [0.05, 0.1) is 6.10 Å². The molecule has 0 saturated heterocycles. The van der Waals surface area contributed by atoms with Gasteiger partial charge in [0, 0.05) is 18.6 Å². The molecule has 0 amide bonds. The number of aliphatic hydroxyl groups is 1. The van der Waals surface area contributed by atoms with Crippen LogP contribution >= 0.6 is 0 Å². The third-order valence-electron chi connectivity index (χ3n) is 2.33. The van der Waals surface area contributed by atoms with E-state index in [1.165, 1.54) is 0 Å². The maximum Gasteiger partial charge on any atom is 0.0693 e. The quantitative estimate of drug-likeness (QED) is 0.535. The van der Waals surface area contributed by atoms with E-state index in [0.29, 0.717) is 12.6 Å². The monoisotopic (exact) mass is 158 g/mol. The fourth-order valence-corrected chi connectivity index (χ4v) is 1.57. The van der Waals surface area contributed by atoms with E-state index in [-0.39, 0.29) is 12.1 Å². The topological polar surface area (TPSA) is 58.3 Å². The summed E-state index contributed by atoms with van der Waals surface area (Å²) in [5, 5.41) is 12.7. The van der Waals surface area contributed by atoms with Crippen molar-refractivity contribution in [3.05, 3.63) is 0 Å². The zero-order valence-electron chi connectivity index (χ0n) is 7.09. The second-order valence-electron chi connectivity index (χ2n) is 3.41. The average molecular weight is 158 g/mol. The molecule has 3 nitrogen and oxygen atoms in total. The molecule has 0 aliphatic heterocycles.